The van der Waals surface area contributed by atoms with Gasteiger partial charge in [-0.25, -0.2) is 0 Å². The van der Waals surface area contributed by atoms with Gasteiger partial charge in [-0.15, -0.1) is 0 Å². The fraction of sp³-hybridized carbons (Fsp3) is 0.208. The Morgan fingerprint density at radius 2 is 1.61 bits per heavy atom. The van der Waals surface area contributed by atoms with Crippen LogP contribution in [0.1, 0.15) is 28.3 Å². The third kappa shape index (κ3) is 3.64. The monoisotopic (exact) mass is 372 g/mol. The number of aryl methyl sites for hydroxylation is 1. The van der Waals surface area contributed by atoms with Crippen LogP contribution in [0, 0.1) is 6.92 Å². The number of aliphatic hydroxyl groups excluding tert-OH is 1. The van der Waals surface area contributed by atoms with Crippen molar-refractivity contribution in [2.24, 2.45) is 5.10 Å². The van der Waals surface area contributed by atoms with Crippen LogP contribution < -0.4 is 4.74 Å². The van der Waals surface area contributed by atoms with Gasteiger partial charge in [-0.3, -0.25) is 5.01 Å². The van der Waals surface area contributed by atoms with Crippen LogP contribution in [0.2, 0.25) is 0 Å². The van der Waals surface area contributed by atoms with E-state index in [1.165, 1.54) is 5.56 Å². The lowest BCUT2D eigenvalue weighted by molar-refractivity contribution is 0.114. The maximum absolute atomic E-state index is 11.2. The number of hydrogen-bond acceptors (Lipinski definition) is 4. The van der Waals surface area contributed by atoms with Crippen LogP contribution in [-0.2, 0) is 6.54 Å². The second kappa shape index (κ2) is 7.87. The molecular formula is C24H24N2O2. The van der Waals surface area contributed by atoms with Gasteiger partial charge >= 0.3 is 0 Å². The number of hydrogen-bond donors (Lipinski definition) is 1. The van der Waals surface area contributed by atoms with Crippen molar-refractivity contribution in [1.29, 1.82) is 0 Å². The first-order chi connectivity index (χ1) is 13.7. The molecule has 0 aliphatic carbocycles. The molecule has 1 aliphatic heterocycles. The molecule has 0 spiro atoms. The van der Waals surface area contributed by atoms with E-state index in [1.54, 1.807) is 7.11 Å². The first-order valence-corrected chi connectivity index (χ1v) is 9.44. The van der Waals surface area contributed by atoms with Gasteiger partial charge in [-0.05, 0) is 30.2 Å². The standard InChI is InChI=1S/C24H24N2O2/c1-17-8-10-19(11-9-17)22-24(27)23(20-12-14-21(28-2)15-13-20)26(25-22)16-18-6-4-3-5-7-18/h3-15,23-24,27H,16H2,1-2H3. The second-order valence-electron chi connectivity index (χ2n) is 7.10. The molecule has 0 saturated carbocycles. The summed E-state index contributed by atoms with van der Waals surface area (Å²) in [5.74, 6) is 0.797. The van der Waals surface area contributed by atoms with E-state index in [1.807, 2.05) is 71.7 Å². The first kappa shape index (κ1) is 18.3. The van der Waals surface area contributed by atoms with Gasteiger partial charge in [0, 0.05) is 5.56 Å². The largest absolute Gasteiger partial charge is 0.497 e. The van der Waals surface area contributed by atoms with Crippen LogP contribution in [0.5, 0.6) is 5.75 Å². The highest BCUT2D eigenvalue weighted by Crippen LogP contribution is 2.35. The summed E-state index contributed by atoms with van der Waals surface area (Å²) in [4.78, 5) is 0. The van der Waals surface area contributed by atoms with Crippen LogP contribution in [0.25, 0.3) is 0 Å². The lowest BCUT2D eigenvalue weighted by Crippen LogP contribution is -2.29. The van der Waals surface area contributed by atoms with E-state index in [0.29, 0.717) is 12.3 Å². The zero-order chi connectivity index (χ0) is 19.5. The van der Waals surface area contributed by atoms with Crippen molar-refractivity contribution in [3.63, 3.8) is 0 Å². The van der Waals surface area contributed by atoms with E-state index < -0.39 is 6.10 Å². The summed E-state index contributed by atoms with van der Waals surface area (Å²) in [5.41, 5.74) is 5.01. The summed E-state index contributed by atoms with van der Waals surface area (Å²) in [6, 6.07) is 25.9. The third-order valence-corrected chi connectivity index (χ3v) is 5.13. The highest BCUT2D eigenvalue weighted by atomic mass is 16.5. The smallest absolute Gasteiger partial charge is 0.124 e. The van der Waals surface area contributed by atoms with Gasteiger partial charge in [-0.2, -0.15) is 5.10 Å². The normalized spacial score (nSPS) is 18.8. The van der Waals surface area contributed by atoms with Gasteiger partial charge < -0.3 is 9.84 Å². The van der Waals surface area contributed by atoms with Crippen molar-refractivity contribution in [3.05, 3.63) is 101 Å². The van der Waals surface area contributed by atoms with Crippen LogP contribution >= 0.6 is 0 Å². The topological polar surface area (TPSA) is 45.1 Å². The Bertz CT molecular complexity index is 950. The SMILES string of the molecule is COc1ccc(C2C(O)C(c3ccc(C)cc3)=NN2Cc2ccccc2)cc1. The molecule has 1 N–H and O–H groups in total. The van der Waals surface area contributed by atoms with Crippen LogP contribution in [0.4, 0.5) is 0 Å². The molecule has 0 saturated heterocycles. The van der Waals surface area contributed by atoms with Crippen molar-refractivity contribution in [2.75, 3.05) is 7.11 Å². The minimum absolute atomic E-state index is 0.248. The van der Waals surface area contributed by atoms with Crippen LogP contribution in [-0.4, -0.2) is 29.0 Å². The average molecular weight is 372 g/mol. The van der Waals surface area contributed by atoms with Crippen molar-refractivity contribution in [2.45, 2.75) is 25.6 Å². The lowest BCUT2D eigenvalue weighted by atomic mass is 9.95. The van der Waals surface area contributed by atoms with E-state index in [4.69, 9.17) is 9.84 Å². The molecule has 2 unspecified atom stereocenters. The molecule has 0 aromatic heterocycles. The fourth-order valence-corrected chi connectivity index (χ4v) is 3.58. The summed E-state index contributed by atoms with van der Waals surface area (Å²) in [6.45, 7) is 2.68. The van der Waals surface area contributed by atoms with Crippen molar-refractivity contribution >= 4 is 5.71 Å². The third-order valence-electron chi connectivity index (χ3n) is 5.13. The highest BCUT2D eigenvalue weighted by Gasteiger charge is 2.37. The molecule has 0 radical (unpaired) electrons. The van der Waals surface area contributed by atoms with Crippen LogP contribution in [0.15, 0.2) is 84.0 Å². The number of nitrogens with zero attached hydrogens (tertiary/aromatic N) is 2. The van der Waals surface area contributed by atoms with Gasteiger partial charge in [0.1, 0.15) is 17.9 Å². The molecule has 0 fully saturated rings. The molecule has 1 aliphatic rings. The highest BCUT2D eigenvalue weighted by molar-refractivity contribution is 6.05. The molecule has 4 nitrogen and oxygen atoms in total. The predicted octanol–water partition coefficient (Wildman–Crippen LogP) is 4.33. The zero-order valence-corrected chi connectivity index (χ0v) is 16.1. The van der Waals surface area contributed by atoms with Crippen LogP contribution in [0.3, 0.4) is 0 Å². The molecule has 2 atom stereocenters. The number of aliphatic hydroxyl groups is 1. The Kier molecular flexibility index (Phi) is 5.13. The molecular weight excluding hydrogens is 348 g/mol. The average Bonchev–Trinajstić information content (AvgIpc) is 3.05. The van der Waals surface area contributed by atoms with Crippen molar-refractivity contribution in [1.82, 2.24) is 5.01 Å². The molecule has 4 heteroatoms. The number of hydrazone groups is 1. The maximum Gasteiger partial charge on any atom is 0.124 e. The molecule has 28 heavy (non-hydrogen) atoms. The van der Waals surface area contributed by atoms with Gasteiger partial charge in [0.15, 0.2) is 0 Å². The van der Waals surface area contributed by atoms with Gasteiger partial charge in [0.25, 0.3) is 0 Å². The zero-order valence-electron chi connectivity index (χ0n) is 16.1. The summed E-state index contributed by atoms with van der Waals surface area (Å²) in [5, 5.41) is 18.0. The van der Waals surface area contributed by atoms with E-state index in [-0.39, 0.29) is 6.04 Å². The maximum atomic E-state index is 11.2. The molecule has 1 heterocycles. The van der Waals surface area contributed by atoms with E-state index in [0.717, 1.165) is 22.4 Å². The summed E-state index contributed by atoms with van der Waals surface area (Å²) >= 11 is 0. The number of benzene rings is 3. The molecule has 3 aromatic carbocycles. The molecule has 3 aromatic rings. The predicted molar refractivity (Wildman–Crippen MR) is 111 cm³/mol. The Morgan fingerprint density at radius 3 is 2.25 bits per heavy atom. The Labute approximate surface area is 165 Å². The fourth-order valence-electron chi connectivity index (χ4n) is 3.58. The minimum atomic E-state index is -0.709. The minimum Gasteiger partial charge on any atom is -0.497 e. The van der Waals surface area contributed by atoms with Gasteiger partial charge in [0.05, 0.1) is 19.4 Å². The molecule has 142 valence electrons. The Balaban J connectivity index is 1.70. The Hall–Kier alpha value is -3.11. The van der Waals surface area contributed by atoms with E-state index in [9.17, 15) is 5.11 Å². The Morgan fingerprint density at radius 1 is 0.929 bits per heavy atom. The van der Waals surface area contributed by atoms with Crippen molar-refractivity contribution < 1.29 is 9.84 Å². The van der Waals surface area contributed by atoms with E-state index >= 15 is 0 Å². The molecule has 0 bridgehead atoms. The lowest BCUT2D eigenvalue weighted by Gasteiger charge is -2.26. The molecule has 0 amide bonds. The van der Waals surface area contributed by atoms with E-state index in [2.05, 4.69) is 19.1 Å². The summed E-state index contributed by atoms with van der Waals surface area (Å²) in [6.07, 6.45) is -0.709. The second-order valence-corrected chi connectivity index (χ2v) is 7.10. The number of ether oxygens (including phenoxy) is 1. The number of rotatable bonds is 5. The summed E-state index contributed by atoms with van der Waals surface area (Å²) in [7, 11) is 1.65. The van der Waals surface area contributed by atoms with Gasteiger partial charge in [-0.1, -0.05) is 72.3 Å². The number of methoxy groups -OCH3 is 1. The quantitative estimate of drug-likeness (QED) is 0.725. The van der Waals surface area contributed by atoms with Gasteiger partial charge in [0.2, 0.25) is 0 Å². The molecule has 4 rings (SSSR count). The van der Waals surface area contributed by atoms with Crippen molar-refractivity contribution in [3.8, 4) is 5.75 Å². The summed E-state index contributed by atoms with van der Waals surface area (Å²) < 4.78 is 5.28. The first-order valence-electron chi connectivity index (χ1n) is 9.44.